The first-order chi connectivity index (χ1) is 26.4. The average molecular weight is 765 g/mol. The molecule has 0 N–H and O–H groups in total. The zero-order valence-electron chi connectivity index (χ0n) is 36.7. The van der Waals surface area contributed by atoms with Gasteiger partial charge in [0.05, 0.1) is 0 Å². The number of esters is 3. The highest BCUT2D eigenvalue weighted by Gasteiger charge is 2.19. The Balaban J connectivity index is 4.32. The van der Waals surface area contributed by atoms with E-state index in [9.17, 15) is 14.4 Å². The lowest BCUT2D eigenvalue weighted by Crippen LogP contribution is -2.30. The molecule has 0 aliphatic rings. The molecule has 0 aromatic carbocycles. The van der Waals surface area contributed by atoms with Gasteiger partial charge in [-0.2, -0.15) is 0 Å². The lowest BCUT2D eigenvalue weighted by atomic mass is 10.0. The number of carbonyl (C=O) groups is 3. The molecule has 0 radical (unpaired) electrons. The fourth-order valence-electron chi connectivity index (χ4n) is 7.16. The van der Waals surface area contributed by atoms with E-state index in [1.165, 1.54) is 161 Å². The van der Waals surface area contributed by atoms with Crippen LogP contribution in [0, 0.1) is 5.92 Å². The average Bonchev–Trinajstić information content (AvgIpc) is 3.15. The van der Waals surface area contributed by atoms with Crippen molar-refractivity contribution in [1.82, 2.24) is 0 Å². The first-order valence-electron chi connectivity index (χ1n) is 23.9. The molecule has 0 saturated carbocycles. The first kappa shape index (κ1) is 52.4. The second kappa shape index (κ2) is 42.6. The number of hydrogen-bond acceptors (Lipinski definition) is 6. The molecule has 1 atom stereocenters. The van der Waals surface area contributed by atoms with Gasteiger partial charge in [0.15, 0.2) is 6.10 Å². The van der Waals surface area contributed by atoms with Crippen LogP contribution in [0.15, 0.2) is 0 Å². The molecule has 0 bridgehead atoms. The summed E-state index contributed by atoms with van der Waals surface area (Å²) in [7, 11) is 0. The molecule has 0 rings (SSSR count). The van der Waals surface area contributed by atoms with E-state index in [0.29, 0.717) is 19.3 Å². The number of unbranched alkanes of at least 4 members (excludes halogenated alkanes) is 30. The van der Waals surface area contributed by atoms with Crippen LogP contribution in [-0.4, -0.2) is 37.2 Å². The molecular weight excluding hydrogens is 673 g/mol. The molecule has 0 fully saturated rings. The van der Waals surface area contributed by atoms with E-state index in [4.69, 9.17) is 14.2 Å². The Kier molecular flexibility index (Phi) is 41.3. The molecule has 0 aliphatic carbocycles. The smallest absolute Gasteiger partial charge is 0.306 e. The summed E-state index contributed by atoms with van der Waals surface area (Å²) in [5.41, 5.74) is 0. The summed E-state index contributed by atoms with van der Waals surface area (Å²) >= 11 is 0. The van der Waals surface area contributed by atoms with Gasteiger partial charge in [0, 0.05) is 19.3 Å². The van der Waals surface area contributed by atoms with Gasteiger partial charge in [-0.15, -0.1) is 0 Å². The van der Waals surface area contributed by atoms with Gasteiger partial charge >= 0.3 is 17.9 Å². The van der Waals surface area contributed by atoms with E-state index in [0.717, 1.165) is 63.7 Å². The number of ether oxygens (including phenoxy) is 3. The monoisotopic (exact) mass is 765 g/mol. The van der Waals surface area contributed by atoms with Crippen LogP contribution in [0.3, 0.4) is 0 Å². The minimum Gasteiger partial charge on any atom is -0.462 e. The Morgan fingerprint density at radius 2 is 0.611 bits per heavy atom. The molecule has 0 unspecified atom stereocenters. The predicted molar refractivity (Wildman–Crippen MR) is 229 cm³/mol. The standard InChI is InChI=1S/C48H92O6/c1-5-7-9-11-13-15-17-19-21-23-28-32-36-40-47(50)53-43-45(54-48(51)41-37-33-29-25-24-26-30-34-38-44(3)4)42-52-46(49)39-35-31-27-22-20-18-16-14-12-10-8-6-2/h44-45H,5-43H2,1-4H3/t45-/m1/s1. The van der Waals surface area contributed by atoms with Gasteiger partial charge in [-0.1, -0.05) is 227 Å². The van der Waals surface area contributed by atoms with E-state index in [1.54, 1.807) is 0 Å². The zero-order valence-corrected chi connectivity index (χ0v) is 36.7. The van der Waals surface area contributed by atoms with Crippen LogP contribution in [0.1, 0.15) is 265 Å². The number of rotatable bonds is 43. The van der Waals surface area contributed by atoms with Gasteiger partial charge in [-0.25, -0.2) is 0 Å². The fraction of sp³-hybridized carbons (Fsp3) is 0.938. The lowest BCUT2D eigenvalue weighted by Gasteiger charge is -2.18. The van der Waals surface area contributed by atoms with Crippen molar-refractivity contribution in [2.24, 2.45) is 5.92 Å². The Labute approximate surface area is 336 Å². The Morgan fingerprint density at radius 3 is 0.907 bits per heavy atom. The van der Waals surface area contributed by atoms with Gasteiger partial charge in [0.2, 0.25) is 0 Å². The fourth-order valence-corrected chi connectivity index (χ4v) is 7.16. The summed E-state index contributed by atoms with van der Waals surface area (Å²) in [5.74, 6) is -0.0588. The van der Waals surface area contributed by atoms with Crippen molar-refractivity contribution in [2.45, 2.75) is 271 Å². The molecule has 0 aromatic heterocycles. The summed E-state index contributed by atoms with van der Waals surface area (Å²) in [5, 5.41) is 0. The second-order valence-electron chi connectivity index (χ2n) is 16.9. The second-order valence-corrected chi connectivity index (χ2v) is 16.9. The molecule has 0 saturated heterocycles. The van der Waals surface area contributed by atoms with E-state index >= 15 is 0 Å². The van der Waals surface area contributed by atoms with E-state index in [1.807, 2.05) is 0 Å². The highest BCUT2D eigenvalue weighted by atomic mass is 16.6. The molecule has 320 valence electrons. The van der Waals surface area contributed by atoms with Crippen molar-refractivity contribution in [3.63, 3.8) is 0 Å². The van der Waals surface area contributed by atoms with Gasteiger partial charge in [0.1, 0.15) is 13.2 Å². The van der Waals surface area contributed by atoms with Crippen LogP contribution in [0.25, 0.3) is 0 Å². The van der Waals surface area contributed by atoms with Gasteiger partial charge < -0.3 is 14.2 Å². The van der Waals surface area contributed by atoms with E-state index < -0.39 is 6.10 Å². The molecule has 0 heterocycles. The van der Waals surface area contributed by atoms with Crippen LogP contribution in [0.2, 0.25) is 0 Å². The van der Waals surface area contributed by atoms with Crippen molar-refractivity contribution < 1.29 is 28.6 Å². The van der Waals surface area contributed by atoms with Crippen molar-refractivity contribution in [3.8, 4) is 0 Å². The SMILES string of the molecule is CCCCCCCCCCCCCCCC(=O)OC[C@@H](COC(=O)CCCCCCCCCCCCCC)OC(=O)CCCCCCCCCCC(C)C. The van der Waals surface area contributed by atoms with Crippen LogP contribution >= 0.6 is 0 Å². The molecular formula is C48H92O6. The van der Waals surface area contributed by atoms with Crippen molar-refractivity contribution in [1.29, 1.82) is 0 Å². The van der Waals surface area contributed by atoms with Gasteiger partial charge in [0.25, 0.3) is 0 Å². The maximum Gasteiger partial charge on any atom is 0.306 e. The third-order valence-corrected chi connectivity index (χ3v) is 10.8. The first-order valence-corrected chi connectivity index (χ1v) is 23.9. The summed E-state index contributed by atoms with van der Waals surface area (Å²) < 4.78 is 16.7. The highest BCUT2D eigenvalue weighted by molar-refractivity contribution is 5.71. The summed E-state index contributed by atoms with van der Waals surface area (Å²) in [6.45, 7) is 8.97. The minimum absolute atomic E-state index is 0.0638. The molecule has 0 spiro atoms. The molecule has 6 nitrogen and oxygen atoms in total. The molecule has 0 amide bonds. The van der Waals surface area contributed by atoms with Crippen LogP contribution in [-0.2, 0) is 28.6 Å². The van der Waals surface area contributed by atoms with Crippen molar-refractivity contribution in [2.75, 3.05) is 13.2 Å². The Morgan fingerprint density at radius 1 is 0.352 bits per heavy atom. The number of carbonyl (C=O) groups excluding carboxylic acids is 3. The van der Waals surface area contributed by atoms with E-state index in [2.05, 4.69) is 27.7 Å². The van der Waals surface area contributed by atoms with Crippen molar-refractivity contribution >= 4 is 17.9 Å². The van der Waals surface area contributed by atoms with Gasteiger partial charge in [-0.05, 0) is 25.2 Å². The van der Waals surface area contributed by atoms with Crippen LogP contribution in [0.5, 0.6) is 0 Å². The predicted octanol–water partition coefficient (Wildman–Crippen LogP) is 15.1. The maximum atomic E-state index is 12.7. The molecule has 6 heteroatoms. The number of hydrogen-bond donors (Lipinski definition) is 0. The molecule has 0 aliphatic heterocycles. The van der Waals surface area contributed by atoms with E-state index in [-0.39, 0.29) is 31.1 Å². The highest BCUT2D eigenvalue weighted by Crippen LogP contribution is 2.16. The zero-order chi connectivity index (χ0) is 39.6. The maximum absolute atomic E-state index is 12.7. The molecule has 54 heavy (non-hydrogen) atoms. The topological polar surface area (TPSA) is 78.9 Å². The van der Waals surface area contributed by atoms with Crippen LogP contribution < -0.4 is 0 Å². The van der Waals surface area contributed by atoms with Crippen molar-refractivity contribution in [3.05, 3.63) is 0 Å². The summed E-state index contributed by atoms with van der Waals surface area (Å²) in [6.07, 6.45) is 42.3. The normalized spacial score (nSPS) is 11.9. The quantitative estimate of drug-likeness (QED) is 0.0349. The Hall–Kier alpha value is -1.59. The van der Waals surface area contributed by atoms with Gasteiger partial charge in [-0.3, -0.25) is 14.4 Å². The third kappa shape index (κ3) is 41.6. The lowest BCUT2D eigenvalue weighted by molar-refractivity contribution is -0.167. The molecule has 0 aromatic rings. The Bertz CT molecular complexity index is 811. The third-order valence-electron chi connectivity index (χ3n) is 10.8. The summed E-state index contributed by atoms with van der Waals surface area (Å²) in [6, 6.07) is 0. The van der Waals surface area contributed by atoms with Crippen LogP contribution in [0.4, 0.5) is 0 Å². The minimum atomic E-state index is -0.759. The largest absolute Gasteiger partial charge is 0.462 e. The summed E-state index contributed by atoms with van der Waals surface area (Å²) in [4.78, 5) is 37.8.